The Morgan fingerprint density at radius 1 is 1.15 bits per heavy atom. The summed E-state index contributed by atoms with van der Waals surface area (Å²) in [7, 11) is -2.32. The van der Waals surface area contributed by atoms with Crippen molar-refractivity contribution in [1.29, 1.82) is 0 Å². The lowest BCUT2D eigenvalue weighted by atomic mass is 10.1. The Labute approximate surface area is 160 Å². The molecule has 2 aliphatic heterocycles. The van der Waals surface area contributed by atoms with Crippen molar-refractivity contribution in [2.75, 3.05) is 26.7 Å². The number of hydrogen-bond donors (Lipinski definition) is 1. The summed E-state index contributed by atoms with van der Waals surface area (Å²) in [5.74, 6) is -0.853. The number of imide groups is 1. The maximum absolute atomic E-state index is 13.2. The van der Waals surface area contributed by atoms with Crippen LogP contribution in [0.25, 0.3) is 0 Å². The summed E-state index contributed by atoms with van der Waals surface area (Å²) in [6.45, 7) is 3.98. The summed E-state index contributed by atoms with van der Waals surface area (Å²) in [5, 5.41) is 3.24. The van der Waals surface area contributed by atoms with Crippen LogP contribution in [0.15, 0.2) is 23.1 Å². The summed E-state index contributed by atoms with van der Waals surface area (Å²) in [4.78, 5) is 25.3. The van der Waals surface area contributed by atoms with Gasteiger partial charge in [-0.25, -0.2) is 8.42 Å². The Balaban J connectivity index is 0.00000243. The molecule has 0 unspecified atom stereocenters. The lowest BCUT2D eigenvalue weighted by molar-refractivity contribution is 0.0693. The first kappa shape index (κ1) is 20.8. The quantitative estimate of drug-likeness (QED) is 0.755. The second-order valence-corrected chi connectivity index (χ2v) is 8.36. The van der Waals surface area contributed by atoms with Crippen molar-refractivity contribution in [3.8, 4) is 0 Å². The molecule has 0 spiro atoms. The van der Waals surface area contributed by atoms with E-state index in [0.29, 0.717) is 13.0 Å². The number of sulfonamides is 1. The number of carbonyl (C=O) groups excluding carboxylic acids is 2. The summed E-state index contributed by atoms with van der Waals surface area (Å²) < 4.78 is 27.9. The molecular weight excluding hydrogens is 378 g/mol. The van der Waals surface area contributed by atoms with Gasteiger partial charge in [-0.3, -0.25) is 14.5 Å². The summed E-state index contributed by atoms with van der Waals surface area (Å²) in [5.41, 5.74) is 0.422. The molecule has 0 aliphatic carbocycles. The second-order valence-electron chi connectivity index (χ2n) is 6.47. The number of amides is 2. The highest BCUT2D eigenvalue weighted by molar-refractivity contribution is 7.89. The van der Waals surface area contributed by atoms with Crippen molar-refractivity contribution < 1.29 is 18.0 Å². The molecule has 0 radical (unpaired) electrons. The molecule has 0 atom stereocenters. The molecule has 9 heteroatoms. The van der Waals surface area contributed by atoms with Crippen LogP contribution in [0, 0.1) is 0 Å². The number of nitrogens with zero attached hydrogens (tertiary/aromatic N) is 2. The number of nitrogens with one attached hydrogen (secondary N) is 1. The van der Waals surface area contributed by atoms with E-state index >= 15 is 0 Å². The summed E-state index contributed by atoms with van der Waals surface area (Å²) in [6, 6.07) is 4.18. The lowest BCUT2D eigenvalue weighted by Crippen LogP contribution is -2.46. The zero-order valence-electron chi connectivity index (χ0n) is 14.9. The Kier molecular flexibility index (Phi) is 6.44. The van der Waals surface area contributed by atoms with Gasteiger partial charge in [-0.2, -0.15) is 4.31 Å². The number of piperidine rings is 1. The van der Waals surface area contributed by atoms with Crippen molar-refractivity contribution in [3.05, 3.63) is 29.3 Å². The smallest absolute Gasteiger partial charge is 0.261 e. The fourth-order valence-electron chi connectivity index (χ4n) is 3.45. The van der Waals surface area contributed by atoms with Gasteiger partial charge in [0.05, 0.1) is 16.0 Å². The first-order chi connectivity index (χ1) is 11.9. The van der Waals surface area contributed by atoms with Crippen molar-refractivity contribution >= 4 is 34.2 Å². The predicted molar refractivity (Wildman–Crippen MR) is 100 cm³/mol. The second kappa shape index (κ2) is 8.04. The Morgan fingerprint density at radius 3 is 2.38 bits per heavy atom. The van der Waals surface area contributed by atoms with Gasteiger partial charge in [0.25, 0.3) is 11.8 Å². The van der Waals surface area contributed by atoms with Gasteiger partial charge in [-0.05, 0) is 50.6 Å². The van der Waals surface area contributed by atoms with Crippen LogP contribution in [0.1, 0.15) is 46.9 Å². The molecule has 1 aromatic carbocycles. The van der Waals surface area contributed by atoms with E-state index in [1.54, 1.807) is 4.31 Å². The first-order valence-electron chi connectivity index (χ1n) is 8.57. The van der Waals surface area contributed by atoms with E-state index in [2.05, 4.69) is 5.32 Å². The van der Waals surface area contributed by atoms with Gasteiger partial charge in [0.1, 0.15) is 0 Å². The minimum atomic E-state index is -3.72. The molecule has 2 heterocycles. The van der Waals surface area contributed by atoms with Crippen LogP contribution in [0.2, 0.25) is 0 Å². The molecule has 1 saturated heterocycles. The standard InChI is InChI=1S/C17H23N3O4S.ClH/c1-3-10-20(12-6-8-18-9-7-12)25(23,24)13-4-5-14-15(11-13)17(22)19(2)16(14)21;/h4-5,11-12,18H,3,6-10H2,1-2H3;1H. The monoisotopic (exact) mass is 401 g/mol. The van der Waals surface area contributed by atoms with Crippen molar-refractivity contribution in [3.63, 3.8) is 0 Å². The van der Waals surface area contributed by atoms with Gasteiger partial charge < -0.3 is 5.32 Å². The van der Waals surface area contributed by atoms with E-state index in [-0.39, 0.29) is 34.5 Å². The van der Waals surface area contributed by atoms with Crippen LogP contribution in [-0.2, 0) is 10.0 Å². The molecule has 3 rings (SSSR count). The van der Waals surface area contributed by atoms with E-state index < -0.39 is 21.8 Å². The van der Waals surface area contributed by atoms with Crippen molar-refractivity contribution in [1.82, 2.24) is 14.5 Å². The molecule has 1 aromatic rings. The average molecular weight is 402 g/mol. The average Bonchev–Trinajstić information content (AvgIpc) is 2.84. The molecule has 0 saturated carbocycles. The molecule has 0 aromatic heterocycles. The molecule has 144 valence electrons. The molecule has 0 bridgehead atoms. The number of carbonyl (C=O) groups is 2. The highest BCUT2D eigenvalue weighted by Crippen LogP contribution is 2.28. The topological polar surface area (TPSA) is 86.8 Å². The fraction of sp³-hybridized carbons (Fsp3) is 0.529. The zero-order chi connectivity index (χ0) is 18.2. The van der Waals surface area contributed by atoms with Gasteiger partial charge in [0.2, 0.25) is 10.0 Å². The van der Waals surface area contributed by atoms with Gasteiger partial charge in [-0.15, -0.1) is 12.4 Å². The van der Waals surface area contributed by atoms with Crippen LogP contribution >= 0.6 is 12.4 Å². The van der Waals surface area contributed by atoms with E-state index in [1.807, 2.05) is 6.92 Å². The molecule has 1 N–H and O–H groups in total. The van der Waals surface area contributed by atoms with E-state index in [1.165, 1.54) is 25.2 Å². The van der Waals surface area contributed by atoms with E-state index in [9.17, 15) is 18.0 Å². The number of fused-ring (bicyclic) bond motifs is 1. The van der Waals surface area contributed by atoms with Crippen molar-refractivity contribution in [2.45, 2.75) is 37.1 Å². The molecular formula is C17H24ClN3O4S. The summed E-state index contributed by atoms with van der Waals surface area (Å²) >= 11 is 0. The maximum atomic E-state index is 13.2. The van der Waals surface area contributed by atoms with E-state index in [0.717, 1.165) is 30.8 Å². The number of benzene rings is 1. The molecule has 2 aliphatic rings. The Morgan fingerprint density at radius 2 is 1.77 bits per heavy atom. The van der Waals surface area contributed by atoms with Gasteiger partial charge in [0, 0.05) is 19.6 Å². The van der Waals surface area contributed by atoms with Crippen molar-refractivity contribution in [2.24, 2.45) is 0 Å². The highest BCUT2D eigenvalue weighted by atomic mass is 35.5. The lowest BCUT2D eigenvalue weighted by Gasteiger charge is -2.33. The third-order valence-electron chi connectivity index (χ3n) is 4.83. The number of hydrogen-bond acceptors (Lipinski definition) is 5. The molecule has 2 amide bonds. The minimum absolute atomic E-state index is 0. The molecule has 26 heavy (non-hydrogen) atoms. The number of rotatable bonds is 5. The van der Waals surface area contributed by atoms with Crippen LogP contribution in [0.4, 0.5) is 0 Å². The third kappa shape index (κ3) is 3.51. The van der Waals surface area contributed by atoms with Gasteiger partial charge in [-0.1, -0.05) is 6.92 Å². The highest BCUT2D eigenvalue weighted by Gasteiger charge is 2.36. The van der Waals surface area contributed by atoms with Gasteiger partial charge in [0.15, 0.2) is 0 Å². The predicted octanol–water partition coefficient (Wildman–Crippen LogP) is 1.49. The SMILES string of the molecule is CCCN(C1CCNCC1)S(=O)(=O)c1ccc2c(c1)C(=O)N(C)C2=O.Cl. The Bertz CT molecular complexity index is 806. The van der Waals surface area contributed by atoms with Crippen LogP contribution < -0.4 is 5.32 Å². The fourth-order valence-corrected chi connectivity index (χ4v) is 5.25. The van der Waals surface area contributed by atoms with Gasteiger partial charge >= 0.3 is 0 Å². The van der Waals surface area contributed by atoms with Crippen LogP contribution in [0.3, 0.4) is 0 Å². The Hall–Kier alpha value is -1.48. The first-order valence-corrected chi connectivity index (χ1v) is 10.0. The maximum Gasteiger partial charge on any atom is 0.261 e. The number of halogens is 1. The zero-order valence-corrected chi connectivity index (χ0v) is 16.5. The molecule has 1 fully saturated rings. The minimum Gasteiger partial charge on any atom is -0.317 e. The summed E-state index contributed by atoms with van der Waals surface area (Å²) in [6.07, 6.45) is 2.25. The van der Waals surface area contributed by atoms with E-state index in [4.69, 9.17) is 0 Å². The van der Waals surface area contributed by atoms with Crippen LogP contribution in [0.5, 0.6) is 0 Å². The van der Waals surface area contributed by atoms with Crippen LogP contribution in [-0.4, -0.2) is 62.2 Å². The third-order valence-corrected chi connectivity index (χ3v) is 6.78. The largest absolute Gasteiger partial charge is 0.317 e. The molecule has 7 nitrogen and oxygen atoms in total. The normalized spacial score (nSPS) is 18.2.